The summed E-state index contributed by atoms with van der Waals surface area (Å²) in [5, 5.41) is 21.1. The number of hydrogen-bond donors (Lipinski definition) is 1. The third-order valence-corrected chi connectivity index (χ3v) is 5.44. The van der Waals surface area contributed by atoms with Gasteiger partial charge in [0.2, 0.25) is 0 Å². The molecule has 2 rings (SSSR count). The quantitative estimate of drug-likeness (QED) is 0.836. The minimum atomic E-state index is -0.855. The lowest BCUT2D eigenvalue weighted by Gasteiger charge is -2.48. The predicted molar refractivity (Wildman–Crippen MR) is 79.1 cm³/mol. The highest BCUT2D eigenvalue weighted by Crippen LogP contribution is 2.49. The summed E-state index contributed by atoms with van der Waals surface area (Å²) < 4.78 is 5.80. The van der Waals surface area contributed by atoms with E-state index in [1.165, 1.54) is 19.3 Å². The van der Waals surface area contributed by atoms with Crippen LogP contribution >= 0.6 is 0 Å². The van der Waals surface area contributed by atoms with Crippen LogP contribution in [0.15, 0.2) is 0 Å². The number of nitrogens with zero attached hydrogens (tertiary/aromatic N) is 1. The van der Waals surface area contributed by atoms with Crippen molar-refractivity contribution < 1.29 is 9.84 Å². The molecule has 1 N–H and O–H groups in total. The van der Waals surface area contributed by atoms with Gasteiger partial charge in [-0.05, 0) is 18.8 Å². The van der Waals surface area contributed by atoms with Gasteiger partial charge in [0.05, 0.1) is 23.2 Å². The molecular weight excluding hydrogens is 250 g/mol. The van der Waals surface area contributed by atoms with Crippen LogP contribution in [0.4, 0.5) is 0 Å². The van der Waals surface area contributed by atoms with E-state index in [1.807, 2.05) is 0 Å². The van der Waals surface area contributed by atoms with Crippen molar-refractivity contribution in [3.05, 3.63) is 0 Å². The molecule has 0 bridgehead atoms. The molecule has 1 heterocycles. The lowest BCUT2D eigenvalue weighted by molar-refractivity contribution is -0.166. The highest BCUT2D eigenvalue weighted by molar-refractivity contribution is 5.13. The summed E-state index contributed by atoms with van der Waals surface area (Å²) in [6.45, 7) is 4.85. The molecule has 1 saturated heterocycles. The number of ether oxygens (including phenoxy) is 1. The molecule has 0 aromatic carbocycles. The second-order valence-corrected chi connectivity index (χ2v) is 7.10. The van der Waals surface area contributed by atoms with Gasteiger partial charge in [0.15, 0.2) is 0 Å². The fourth-order valence-corrected chi connectivity index (χ4v) is 3.93. The van der Waals surface area contributed by atoms with E-state index in [1.54, 1.807) is 0 Å². The zero-order chi connectivity index (χ0) is 14.6. The molecule has 1 aliphatic carbocycles. The highest BCUT2D eigenvalue weighted by atomic mass is 16.5. The molecule has 20 heavy (non-hydrogen) atoms. The molecule has 0 aromatic heterocycles. The van der Waals surface area contributed by atoms with Crippen molar-refractivity contribution >= 4 is 0 Å². The average Bonchev–Trinajstić information content (AvgIpc) is 2.39. The molecule has 1 aliphatic heterocycles. The molecule has 0 aromatic rings. The molecule has 114 valence electrons. The molecule has 1 saturated carbocycles. The van der Waals surface area contributed by atoms with Crippen LogP contribution in [-0.2, 0) is 4.74 Å². The third kappa shape index (κ3) is 3.02. The van der Waals surface area contributed by atoms with E-state index < -0.39 is 11.0 Å². The summed E-state index contributed by atoms with van der Waals surface area (Å²) in [6.07, 6.45) is 8.85. The van der Waals surface area contributed by atoms with Crippen molar-refractivity contribution in [2.75, 3.05) is 6.61 Å². The fourth-order valence-electron chi connectivity index (χ4n) is 3.93. The summed E-state index contributed by atoms with van der Waals surface area (Å²) in [5.41, 5.74) is -1.41. The Morgan fingerprint density at radius 3 is 2.25 bits per heavy atom. The Balaban J connectivity index is 2.21. The molecule has 2 unspecified atom stereocenters. The monoisotopic (exact) mass is 279 g/mol. The first-order valence-corrected chi connectivity index (χ1v) is 8.28. The van der Waals surface area contributed by atoms with Gasteiger partial charge in [-0.3, -0.25) is 0 Å². The van der Waals surface area contributed by atoms with Crippen LogP contribution in [0.25, 0.3) is 0 Å². The number of aliphatic hydroxyl groups is 1. The van der Waals surface area contributed by atoms with Gasteiger partial charge in [-0.25, -0.2) is 0 Å². The first kappa shape index (κ1) is 15.8. The van der Waals surface area contributed by atoms with Crippen LogP contribution < -0.4 is 0 Å². The van der Waals surface area contributed by atoms with E-state index in [0.29, 0.717) is 25.4 Å². The molecule has 3 heteroatoms. The molecule has 0 radical (unpaired) electrons. The minimum Gasteiger partial charge on any atom is -0.388 e. The second-order valence-electron chi connectivity index (χ2n) is 7.10. The maximum atomic E-state index is 11.3. The van der Waals surface area contributed by atoms with E-state index >= 15 is 0 Å². The molecule has 2 aliphatic rings. The number of hydrogen-bond acceptors (Lipinski definition) is 3. The summed E-state index contributed by atoms with van der Waals surface area (Å²) in [6, 6.07) is 2.55. The summed E-state index contributed by atoms with van der Waals surface area (Å²) >= 11 is 0. The van der Waals surface area contributed by atoms with Gasteiger partial charge in [-0.15, -0.1) is 0 Å². The Kier molecular flexibility index (Phi) is 5.09. The van der Waals surface area contributed by atoms with Crippen molar-refractivity contribution in [1.82, 2.24) is 0 Å². The van der Waals surface area contributed by atoms with Crippen LogP contribution in [0.5, 0.6) is 0 Å². The third-order valence-electron chi connectivity index (χ3n) is 5.44. The normalized spacial score (nSPS) is 35.0. The van der Waals surface area contributed by atoms with Crippen LogP contribution in [0.1, 0.15) is 71.6 Å². The van der Waals surface area contributed by atoms with Gasteiger partial charge in [0.25, 0.3) is 0 Å². The SMILES string of the molecule is CC(C)C1CC(O)(C2(C#N)CCCCCCC2)CCO1. The fraction of sp³-hybridized carbons (Fsp3) is 0.941. The van der Waals surface area contributed by atoms with Gasteiger partial charge in [0.1, 0.15) is 0 Å². The Bertz CT molecular complexity index is 352. The standard InChI is InChI=1S/C17H29NO2/c1-14(2)15-12-17(19,10-11-20-15)16(13-18)8-6-4-3-5-7-9-16/h14-15,19H,3-12H2,1-2H3. The highest BCUT2D eigenvalue weighted by Gasteiger charge is 2.52. The molecule has 3 nitrogen and oxygen atoms in total. The van der Waals surface area contributed by atoms with Gasteiger partial charge < -0.3 is 9.84 Å². The van der Waals surface area contributed by atoms with Crippen molar-refractivity contribution in [3.8, 4) is 6.07 Å². The van der Waals surface area contributed by atoms with E-state index in [4.69, 9.17) is 4.74 Å². The van der Waals surface area contributed by atoms with Crippen LogP contribution in [-0.4, -0.2) is 23.4 Å². The van der Waals surface area contributed by atoms with Crippen LogP contribution in [0.2, 0.25) is 0 Å². The zero-order valence-corrected chi connectivity index (χ0v) is 13.0. The van der Waals surface area contributed by atoms with E-state index in [9.17, 15) is 10.4 Å². The van der Waals surface area contributed by atoms with Crippen molar-refractivity contribution in [2.24, 2.45) is 11.3 Å². The Labute approximate surface area is 123 Å². The topological polar surface area (TPSA) is 53.2 Å². The number of nitriles is 1. The Hall–Kier alpha value is -0.590. The molecule has 0 amide bonds. The number of rotatable bonds is 2. The van der Waals surface area contributed by atoms with Crippen molar-refractivity contribution in [1.29, 1.82) is 5.26 Å². The van der Waals surface area contributed by atoms with Crippen LogP contribution in [0.3, 0.4) is 0 Å². The zero-order valence-electron chi connectivity index (χ0n) is 13.0. The Morgan fingerprint density at radius 1 is 1.10 bits per heavy atom. The lowest BCUT2D eigenvalue weighted by atomic mass is 9.61. The maximum absolute atomic E-state index is 11.3. The van der Waals surface area contributed by atoms with Gasteiger partial charge in [0, 0.05) is 19.4 Å². The largest absolute Gasteiger partial charge is 0.388 e. The molecule has 0 spiro atoms. The predicted octanol–water partition coefficient (Wildman–Crippen LogP) is 3.81. The van der Waals surface area contributed by atoms with Gasteiger partial charge in [-0.1, -0.05) is 46.0 Å². The van der Waals surface area contributed by atoms with Gasteiger partial charge >= 0.3 is 0 Å². The Morgan fingerprint density at radius 2 is 1.70 bits per heavy atom. The van der Waals surface area contributed by atoms with E-state index in [-0.39, 0.29) is 6.10 Å². The van der Waals surface area contributed by atoms with Crippen molar-refractivity contribution in [2.45, 2.75) is 83.3 Å². The molecule has 2 atom stereocenters. The minimum absolute atomic E-state index is 0.0874. The van der Waals surface area contributed by atoms with Crippen molar-refractivity contribution in [3.63, 3.8) is 0 Å². The smallest absolute Gasteiger partial charge is 0.0879 e. The maximum Gasteiger partial charge on any atom is 0.0879 e. The average molecular weight is 279 g/mol. The summed E-state index contributed by atoms with van der Waals surface area (Å²) in [7, 11) is 0. The first-order valence-electron chi connectivity index (χ1n) is 8.28. The second kappa shape index (κ2) is 6.45. The summed E-state index contributed by atoms with van der Waals surface area (Å²) in [4.78, 5) is 0. The molecule has 2 fully saturated rings. The van der Waals surface area contributed by atoms with Crippen LogP contribution in [0, 0.1) is 22.7 Å². The summed E-state index contributed by atoms with van der Waals surface area (Å²) in [5.74, 6) is 0.395. The first-order chi connectivity index (χ1) is 9.53. The van der Waals surface area contributed by atoms with Gasteiger partial charge in [-0.2, -0.15) is 5.26 Å². The molecular formula is C17H29NO2. The lowest BCUT2D eigenvalue weighted by Crippen LogP contribution is -2.54. The van der Waals surface area contributed by atoms with E-state index in [0.717, 1.165) is 25.7 Å². The van der Waals surface area contributed by atoms with E-state index in [2.05, 4.69) is 19.9 Å².